The van der Waals surface area contributed by atoms with Gasteiger partial charge in [0.2, 0.25) is 0 Å². The van der Waals surface area contributed by atoms with Crippen molar-refractivity contribution >= 4 is 12.0 Å². The lowest BCUT2D eigenvalue weighted by Gasteiger charge is -2.23. The van der Waals surface area contributed by atoms with Crippen LogP contribution in [0.1, 0.15) is 0 Å². The molecule has 2 amide bonds. The zero-order valence-corrected chi connectivity index (χ0v) is 10.2. The molecular weight excluding hydrogens is 236 g/mol. The van der Waals surface area contributed by atoms with Gasteiger partial charge < -0.3 is 20.1 Å². The third-order valence-electron chi connectivity index (χ3n) is 2.69. The highest BCUT2D eigenvalue weighted by atomic mass is 16.5. The van der Waals surface area contributed by atoms with Crippen LogP contribution in [0.25, 0.3) is 0 Å². The number of hydrogen-bond acceptors (Lipinski definition) is 3. The van der Waals surface area contributed by atoms with E-state index >= 15 is 0 Å². The van der Waals surface area contributed by atoms with Crippen LogP contribution in [0.4, 0.5) is 4.79 Å². The highest BCUT2D eigenvalue weighted by Gasteiger charge is 2.35. The Labute approximate surface area is 106 Å². The first kappa shape index (κ1) is 14.2. The fourth-order valence-electron chi connectivity index (χ4n) is 1.74. The third kappa shape index (κ3) is 3.59. The number of urea groups is 1. The maximum Gasteiger partial charge on any atom is 0.318 e. The minimum atomic E-state index is -0.961. The van der Waals surface area contributed by atoms with Gasteiger partial charge in [-0.15, -0.1) is 13.2 Å². The number of amides is 2. The molecule has 0 spiro atoms. The number of hydrogen-bond donors (Lipinski definition) is 2. The summed E-state index contributed by atoms with van der Waals surface area (Å²) in [5, 5.41) is 11.6. The molecular formula is C12H18N2O4. The van der Waals surface area contributed by atoms with Crippen LogP contribution in [0.15, 0.2) is 25.3 Å². The summed E-state index contributed by atoms with van der Waals surface area (Å²) < 4.78 is 5.08. The monoisotopic (exact) mass is 254 g/mol. The van der Waals surface area contributed by atoms with Crippen LogP contribution >= 0.6 is 0 Å². The third-order valence-corrected chi connectivity index (χ3v) is 2.69. The number of carbonyl (C=O) groups excluding carboxylic acids is 1. The summed E-state index contributed by atoms with van der Waals surface area (Å²) in [6.45, 7) is 8.24. The second kappa shape index (κ2) is 6.80. The van der Waals surface area contributed by atoms with E-state index in [1.165, 1.54) is 4.90 Å². The summed E-state index contributed by atoms with van der Waals surface area (Å²) in [6.07, 6.45) is 3.20. The van der Waals surface area contributed by atoms with Gasteiger partial charge in [-0.05, 0) is 0 Å². The van der Waals surface area contributed by atoms with Crippen molar-refractivity contribution in [2.75, 3.05) is 26.3 Å². The van der Waals surface area contributed by atoms with Gasteiger partial charge in [-0.2, -0.15) is 0 Å². The van der Waals surface area contributed by atoms with Crippen molar-refractivity contribution in [2.45, 2.75) is 6.04 Å². The number of carboxylic acids is 1. The van der Waals surface area contributed by atoms with E-state index in [0.29, 0.717) is 13.1 Å². The van der Waals surface area contributed by atoms with Crippen LogP contribution in [0.2, 0.25) is 0 Å². The Morgan fingerprint density at radius 3 is 2.44 bits per heavy atom. The number of nitrogens with one attached hydrogen (secondary N) is 1. The van der Waals surface area contributed by atoms with Gasteiger partial charge in [0.15, 0.2) is 0 Å². The molecule has 0 aliphatic carbocycles. The molecule has 2 unspecified atom stereocenters. The van der Waals surface area contributed by atoms with E-state index in [-0.39, 0.29) is 19.2 Å². The molecule has 0 saturated carbocycles. The van der Waals surface area contributed by atoms with Crippen molar-refractivity contribution in [2.24, 2.45) is 5.92 Å². The molecule has 1 rings (SSSR count). The first-order valence-electron chi connectivity index (χ1n) is 5.68. The molecule has 1 saturated heterocycles. The largest absolute Gasteiger partial charge is 0.481 e. The zero-order chi connectivity index (χ0) is 13.5. The van der Waals surface area contributed by atoms with Gasteiger partial charge in [-0.3, -0.25) is 4.79 Å². The van der Waals surface area contributed by atoms with Crippen LogP contribution in [0.3, 0.4) is 0 Å². The Hall–Kier alpha value is -1.82. The molecule has 2 atom stereocenters. The lowest BCUT2D eigenvalue weighted by Crippen LogP contribution is -2.49. The first-order valence-corrected chi connectivity index (χ1v) is 5.68. The molecule has 1 aliphatic rings. The van der Waals surface area contributed by atoms with Crippen LogP contribution < -0.4 is 5.32 Å². The molecule has 1 aliphatic heterocycles. The molecule has 0 radical (unpaired) electrons. The fourth-order valence-corrected chi connectivity index (χ4v) is 1.74. The standard InChI is InChI=1S/C12H18N2O4/c1-3-5-14(6-4-2)12(17)13-10-8-18-7-9(10)11(15)16/h3-4,9-10H,1-2,5-8H2,(H,13,17)(H,15,16). The van der Waals surface area contributed by atoms with Crippen molar-refractivity contribution in [3.05, 3.63) is 25.3 Å². The second-order valence-electron chi connectivity index (χ2n) is 4.02. The van der Waals surface area contributed by atoms with Crippen LogP contribution in [0, 0.1) is 5.92 Å². The molecule has 1 heterocycles. The molecule has 0 bridgehead atoms. The van der Waals surface area contributed by atoms with Gasteiger partial charge in [0.05, 0.1) is 19.3 Å². The van der Waals surface area contributed by atoms with Crippen LogP contribution in [0.5, 0.6) is 0 Å². The average Bonchev–Trinajstić information content (AvgIpc) is 2.77. The number of aliphatic carboxylic acids is 1. The topological polar surface area (TPSA) is 78.9 Å². The number of carboxylic acid groups (broad SMARTS) is 1. The van der Waals surface area contributed by atoms with E-state index in [9.17, 15) is 9.59 Å². The van der Waals surface area contributed by atoms with Gasteiger partial charge >= 0.3 is 12.0 Å². The number of rotatable bonds is 6. The molecule has 0 aromatic heterocycles. The van der Waals surface area contributed by atoms with E-state index in [4.69, 9.17) is 9.84 Å². The summed E-state index contributed by atoms with van der Waals surface area (Å²) in [5.41, 5.74) is 0. The SMILES string of the molecule is C=CCN(CC=C)C(=O)NC1COCC1C(=O)O. The number of carbonyl (C=O) groups is 2. The fraction of sp³-hybridized carbons (Fsp3) is 0.500. The van der Waals surface area contributed by atoms with Crippen LogP contribution in [-0.4, -0.2) is 54.4 Å². The lowest BCUT2D eigenvalue weighted by molar-refractivity contribution is -0.142. The minimum absolute atomic E-state index is 0.128. The Morgan fingerprint density at radius 2 is 1.94 bits per heavy atom. The van der Waals surface area contributed by atoms with E-state index in [1.54, 1.807) is 12.2 Å². The minimum Gasteiger partial charge on any atom is -0.481 e. The van der Waals surface area contributed by atoms with Gasteiger partial charge in [0.25, 0.3) is 0 Å². The predicted octanol–water partition coefficient (Wildman–Crippen LogP) is 0.470. The highest BCUT2D eigenvalue weighted by molar-refractivity contribution is 5.77. The van der Waals surface area contributed by atoms with Crippen molar-refractivity contribution < 1.29 is 19.4 Å². The predicted molar refractivity (Wildman–Crippen MR) is 66.2 cm³/mol. The molecule has 2 N–H and O–H groups in total. The molecule has 6 heteroatoms. The van der Waals surface area contributed by atoms with Crippen molar-refractivity contribution in [1.82, 2.24) is 10.2 Å². The first-order chi connectivity index (χ1) is 8.60. The molecule has 6 nitrogen and oxygen atoms in total. The number of nitrogens with zero attached hydrogens (tertiary/aromatic N) is 1. The van der Waals surface area contributed by atoms with E-state index in [2.05, 4.69) is 18.5 Å². The van der Waals surface area contributed by atoms with Crippen molar-refractivity contribution in [3.63, 3.8) is 0 Å². The van der Waals surface area contributed by atoms with Gasteiger partial charge in [-0.1, -0.05) is 12.2 Å². The smallest absolute Gasteiger partial charge is 0.318 e. The summed E-state index contributed by atoms with van der Waals surface area (Å²) in [7, 11) is 0. The second-order valence-corrected chi connectivity index (χ2v) is 4.02. The lowest BCUT2D eigenvalue weighted by atomic mass is 10.0. The maximum absolute atomic E-state index is 11.9. The van der Waals surface area contributed by atoms with Gasteiger partial charge in [-0.25, -0.2) is 4.79 Å². The van der Waals surface area contributed by atoms with Gasteiger partial charge in [0.1, 0.15) is 5.92 Å². The normalized spacial score (nSPS) is 22.2. The summed E-state index contributed by atoms with van der Waals surface area (Å²) in [6, 6.07) is -0.830. The Balaban J connectivity index is 2.58. The van der Waals surface area contributed by atoms with Crippen LogP contribution in [-0.2, 0) is 9.53 Å². The van der Waals surface area contributed by atoms with E-state index < -0.39 is 17.9 Å². The van der Waals surface area contributed by atoms with Crippen molar-refractivity contribution in [3.8, 4) is 0 Å². The average molecular weight is 254 g/mol. The Bertz CT molecular complexity index is 333. The maximum atomic E-state index is 11.9. The summed E-state index contributed by atoms with van der Waals surface area (Å²) in [4.78, 5) is 24.3. The molecule has 1 fully saturated rings. The molecule has 0 aromatic rings. The van der Waals surface area contributed by atoms with Crippen molar-refractivity contribution in [1.29, 1.82) is 0 Å². The van der Waals surface area contributed by atoms with E-state index in [1.807, 2.05) is 0 Å². The quantitative estimate of drug-likeness (QED) is 0.675. The number of ether oxygens (including phenoxy) is 1. The highest BCUT2D eigenvalue weighted by Crippen LogP contribution is 2.14. The molecule has 100 valence electrons. The Kier molecular flexibility index (Phi) is 5.38. The van der Waals surface area contributed by atoms with E-state index in [0.717, 1.165) is 0 Å². The zero-order valence-electron chi connectivity index (χ0n) is 10.2. The molecule has 0 aromatic carbocycles. The van der Waals surface area contributed by atoms with Gasteiger partial charge in [0, 0.05) is 13.1 Å². The Morgan fingerprint density at radius 1 is 1.33 bits per heavy atom. The summed E-state index contributed by atoms with van der Waals surface area (Å²) >= 11 is 0. The summed E-state index contributed by atoms with van der Waals surface area (Å²) in [5.74, 6) is -1.65. The molecule has 18 heavy (non-hydrogen) atoms.